The predicted octanol–water partition coefficient (Wildman–Crippen LogP) is 3.37. The highest BCUT2D eigenvalue weighted by molar-refractivity contribution is 5.84. The van der Waals surface area contributed by atoms with E-state index in [1.807, 2.05) is 70.2 Å². The molecule has 1 aromatic carbocycles. The van der Waals surface area contributed by atoms with Gasteiger partial charge >= 0.3 is 0 Å². The summed E-state index contributed by atoms with van der Waals surface area (Å²) in [5, 5.41) is 12.6. The number of fused-ring (bicyclic) bond motifs is 1. The third kappa shape index (κ3) is 3.76. The van der Waals surface area contributed by atoms with E-state index < -0.39 is 6.04 Å². The molecule has 0 bridgehead atoms. The van der Waals surface area contributed by atoms with Crippen LogP contribution >= 0.6 is 0 Å². The lowest BCUT2D eigenvalue weighted by Gasteiger charge is -2.17. The number of aryl methyl sites for hydroxylation is 3. The molecule has 0 saturated heterocycles. The van der Waals surface area contributed by atoms with Crippen LogP contribution in [-0.2, 0) is 11.3 Å². The molecule has 8 nitrogen and oxygen atoms in total. The summed E-state index contributed by atoms with van der Waals surface area (Å²) in [6.07, 6.45) is 0.416. The van der Waals surface area contributed by atoms with Crippen molar-refractivity contribution in [1.29, 1.82) is 0 Å². The molecule has 0 saturated carbocycles. The summed E-state index contributed by atoms with van der Waals surface area (Å²) in [5.41, 5.74) is 2.28. The lowest BCUT2D eigenvalue weighted by atomic mass is 10.2. The second kappa shape index (κ2) is 8.22. The standard InChI is InChI=1S/C23H25N5O3/c1-5-19(22(29)24-13-18-12-11-14(2)31-18)28-23(30)21-20(15(3)25-28)16(4)27(26-21)17-9-7-6-8-10-17/h6-12,19H,5,13H2,1-4H3,(H,24,29)/t19-/m1/s1. The van der Waals surface area contributed by atoms with Gasteiger partial charge in [-0.25, -0.2) is 9.36 Å². The van der Waals surface area contributed by atoms with Crippen LogP contribution in [0, 0.1) is 20.8 Å². The van der Waals surface area contributed by atoms with Crippen molar-refractivity contribution < 1.29 is 9.21 Å². The first-order chi connectivity index (χ1) is 14.9. The molecule has 0 unspecified atom stereocenters. The van der Waals surface area contributed by atoms with Crippen molar-refractivity contribution in [3.8, 4) is 5.69 Å². The number of aromatic nitrogens is 4. The zero-order valence-corrected chi connectivity index (χ0v) is 18.0. The fourth-order valence-electron chi connectivity index (χ4n) is 3.82. The molecule has 1 atom stereocenters. The maximum Gasteiger partial charge on any atom is 0.295 e. The molecular formula is C23H25N5O3. The van der Waals surface area contributed by atoms with E-state index >= 15 is 0 Å². The van der Waals surface area contributed by atoms with Crippen molar-refractivity contribution in [2.75, 3.05) is 0 Å². The summed E-state index contributed by atoms with van der Waals surface area (Å²) in [6.45, 7) is 7.69. The monoisotopic (exact) mass is 419 g/mol. The minimum atomic E-state index is -0.742. The zero-order chi connectivity index (χ0) is 22.1. The van der Waals surface area contributed by atoms with Crippen LogP contribution in [0.25, 0.3) is 16.6 Å². The van der Waals surface area contributed by atoms with E-state index in [2.05, 4.69) is 15.5 Å². The molecular weight excluding hydrogens is 394 g/mol. The fraction of sp³-hybridized carbons (Fsp3) is 0.304. The minimum Gasteiger partial charge on any atom is -0.465 e. The van der Waals surface area contributed by atoms with Gasteiger partial charge in [0.05, 0.1) is 29.0 Å². The van der Waals surface area contributed by atoms with E-state index in [9.17, 15) is 9.59 Å². The average molecular weight is 419 g/mol. The number of carbonyl (C=O) groups excluding carboxylic acids is 1. The van der Waals surface area contributed by atoms with Crippen LogP contribution in [0.3, 0.4) is 0 Å². The van der Waals surface area contributed by atoms with Crippen molar-refractivity contribution >= 4 is 16.8 Å². The Hall–Kier alpha value is -3.68. The van der Waals surface area contributed by atoms with Crippen LogP contribution in [0.5, 0.6) is 0 Å². The molecule has 0 aliphatic heterocycles. The molecule has 4 aromatic rings. The first-order valence-electron chi connectivity index (χ1n) is 10.3. The van der Waals surface area contributed by atoms with Crippen LogP contribution < -0.4 is 10.9 Å². The summed E-state index contributed by atoms with van der Waals surface area (Å²) < 4.78 is 8.49. The molecule has 4 rings (SSSR count). The lowest BCUT2D eigenvalue weighted by molar-refractivity contribution is -0.125. The first kappa shape index (κ1) is 20.6. The summed E-state index contributed by atoms with van der Waals surface area (Å²) in [4.78, 5) is 26.2. The van der Waals surface area contributed by atoms with Crippen LogP contribution in [-0.4, -0.2) is 25.5 Å². The molecule has 0 aliphatic carbocycles. The lowest BCUT2D eigenvalue weighted by Crippen LogP contribution is -2.38. The smallest absolute Gasteiger partial charge is 0.295 e. The third-order valence-electron chi connectivity index (χ3n) is 5.36. The van der Waals surface area contributed by atoms with Crippen LogP contribution in [0.1, 0.15) is 42.3 Å². The predicted molar refractivity (Wildman–Crippen MR) is 117 cm³/mol. The Kier molecular flexibility index (Phi) is 5.46. The van der Waals surface area contributed by atoms with Crippen LogP contribution in [0.15, 0.2) is 51.7 Å². The normalized spacial score (nSPS) is 12.3. The van der Waals surface area contributed by atoms with E-state index in [0.29, 0.717) is 28.8 Å². The van der Waals surface area contributed by atoms with Gasteiger partial charge in [0.15, 0.2) is 5.52 Å². The van der Waals surface area contributed by atoms with Gasteiger partial charge in [0.2, 0.25) is 5.91 Å². The number of carbonyl (C=O) groups is 1. The highest BCUT2D eigenvalue weighted by atomic mass is 16.3. The van der Waals surface area contributed by atoms with Crippen LogP contribution in [0.4, 0.5) is 0 Å². The number of rotatable bonds is 6. The summed E-state index contributed by atoms with van der Waals surface area (Å²) in [5.74, 6) is 1.15. The first-order valence-corrected chi connectivity index (χ1v) is 10.3. The molecule has 1 N–H and O–H groups in total. The van der Waals surface area contributed by atoms with Crippen LogP contribution in [0.2, 0.25) is 0 Å². The Morgan fingerprint density at radius 1 is 1.10 bits per heavy atom. The molecule has 3 aromatic heterocycles. The second-order valence-electron chi connectivity index (χ2n) is 7.55. The molecule has 0 aliphatic rings. The van der Waals surface area contributed by atoms with Crippen molar-refractivity contribution in [1.82, 2.24) is 24.9 Å². The number of amides is 1. The Morgan fingerprint density at radius 2 is 1.84 bits per heavy atom. The number of nitrogens with zero attached hydrogens (tertiary/aromatic N) is 4. The molecule has 8 heteroatoms. The summed E-state index contributed by atoms with van der Waals surface area (Å²) in [7, 11) is 0. The highest BCUT2D eigenvalue weighted by Gasteiger charge is 2.25. The molecule has 1 amide bonds. The number of hydrogen-bond acceptors (Lipinski definition) is 5. The number of para-hydroxylation sites is 1. The van der Waals surface area contributed by atoms with Gasteiger partial charge in [-0.2, -0.15) is 10.2 Å². The Balaban J connectivity index is 1.72. The largest absolute Gasteiger partial charge is 0.465 e. The summed E-state index contributed by atoms with van der Waals surface area (Å²) in [6, 6.07) is 12.5. The quantitative estimate of drug-likeness (QED) is 0.517. The second-order valence-corrected chi connectivity index (χ2v) is 7.55. The highest BCUT2D eigenvalue weighted by Crippen LogP contribution is 2.22. The SMILES string of the molecule is CC[C@H](C(=O)NCc1ccc(C)o1)n1nc(C)c2c(C)n(-c3ccccc3)nc2c1=O. The van der Waals surface area contributed by atoms with E-state index in [0.717, 1.165) is 17.1 Å². The Labute approximate surface area is 179 Å². The number of benzene rings is 1. The molecule has 0 radical (unpaired) electrons. The van der Waals surface area contributed by atoms with Crippen molar-refractivity contribution in [3.63, 3.8) is 0 Å². The van der Waals surface area contributed by atoms with Gasteiger partial charge in [-0.15, -0.1) is 0 Å². The van der Waals surface area contributed by atoms with E-state index in [-0.39, 0.29) is 18.0 Å². The Morgan fingerprint density at radius 3 is 2.48 bits per heavy atom. The van der Waals surface area contributed by atoms with E-state index in [1.165, 1.54) is 4.68 Å². The topological polar surface area (TPSA) is 95.0 Å². The summed E-state index contributed by atoms with van der Waals surface area (Å²) >= 11 is 0. The number of furan rings is 1. The van der Waals surface area contributed by atoms with Crippen molar-refractivity contribution in [3.05, 3.63) is 75.7 Å². The van der Waals surface area contributed by atoms with Gasteiger partial charge in [-0.1, -0.05) is 25.1 Å². The zero-order valence-electron chi connectivity index (χ0n) is 18.0. The Bertz CT molecular complexity index is 1300. The third-order valence-corrected chi connectivity index (χ3v) is 5.36. The van der Waals surface area contributed by atoms with Gasteiger partial charge in [0.25, 0.3) is 5.56 Å². The number of hydrogen-bond donors (Lipinski definition) is 1. The van der Waals surface area contributed by atoms with Gasteiger partial charge in [0.1, 0.15) is 17.6 Å². The fourth-order valence-corrected chi connectivity index (χ4v) is 3.82. The van der Waals surface area contributed by atoms with Gasteiger partial charge in [-0.05, 0) is 51.5 Å². The maximum atomic E-state index is 13.3. The minimum absolute atomic E-state index is 0.251. The maximum absolute atomic E-state index is 13.3. The molecule has 160 valence electrons. The van der Waals surface area contributed by atoms with Gasteiger partial charge in [0, 0.05) is 0 Å². The van der Waals surface area contributed by atoms with Crippen molar-refractivity contribution in [2.24, 2.45) is 0 Å². The molecule has 3 heterocycles. The number of nitrogens with one attached hydrogen (secondary N) is 1. The molecule has 0 spiro atoms. The van der Waals surface area contributed by atoms with E-state index in [4.69, 9.17) is 4.42 Å². The van der Waals surface area contributed by atoms with Crippen molar-refractivity contribution in [2.45, 2.75) is 46.7 Å². The molecule has 31 heavy (non-hydrogen) atoms. The van der Waals surface area contributed by atoms with E-state index in [1.54, 1.807) is 4.68 Å². The molecule has 0 fully saturated rings. The van der Waals surface area contributed by atoms with Gasteiger partial charge < -0.3 is 9.73 Å². The van der Waals surface area contributed by atoms with Gasteiger partial charge in [-0.3, -0.25) is 9.59 Å². The average Bonchev–Trinajstić information content (AvgIpc) is 3.34.